The second-order valence-electron chi connectivity index (χ2n) is 3.26. The van der Waals surface area contributed by atoms with E-state index in [9.17, 15) is 8.42 Å². The molecule has 0 fully saturated rings. The highest BCUT2D eigenvalue weighted by Gasteiger charge is 2.04. The number of nitrogens with one attached hydrogen (secondary N) is 1. The van der Waals surface area contributed by atoms with Crippen molar-refractivity contribution >= 4 is 38.3 Å². The molecule has 0 aliphatic heterocycles. The Morgan fingerprint density at radius 3 is 2.28 bits per heavy atom. The second kappa shape index (κ2) is 5.91. The summed E-state index contributed by atoms with van der Waals surface area (Å²) in [6.45, 7) is 0. The lowest BCUT2D eigenvalue weighted by Gasteiger charge is -2.03. The molecule has 0 amide bonds. The van der Waals surface area contributed by atoms with E-state index in [1.54, 1.807) is 0 Å². The predicted octanol–water partition coefficient (Wildman–Crippen LogP) is 1.07. The van der Waals surface area contributed by atoms with Crippen molar-refractivity contribution in [2.45, 2.75) is 0 Å². The van der Waals surface area contributed by atoms with Crippen LogP contribution in [0.1, 0.15) is 0 Å². The molecule has 0 atom stereocenters. The van der Waals surface area contributed by atoms with E-state index in [1.807, 2.05) is 24.3 Å². The highest BCUT2D eigenvalue weighted by Crippen LogP contribution is 2.24. The predicted molar refractivity (Wildman–Crippen MR) is 69.8 cm³/mol. The second-order valence-corrected chi connectivity index (χ2v) is 5.09. The molecule has 7 nitrogen and oxygen atoms in total. The summed E-state index contributed by atoms with van der Waals surface area (Å²) in [5, 5.41) is 9.65. The van der Waals surface area contributed by atoms with Gasteiger partial charge < -0.3 is 5.43 Å². The van der Waals surface area contributed by atoms with Crippen LogP contribution in [0.5, 0.6) is 0 Å². The van der Waals surface area contributed by atoms with Gasteiger partial charge in [0.2, 0.25) is 0 Å². The zero-order valence-corrected chi connectivity index (χ0v) is 10.9. The van der Waals surface area contributed by atoms with Crippen LogP contribution in [0.3, 0.4) is 0 Å². The molecule has 2 aromatic rings. The number of fused-ring (bicyclic) bond motifs is 1. The van der Waals surface area contributed by atoms with Crippen LogP contribution in [0, 0.1) is 0 Å². The third-order valence-electron chi connectivity index (χ3n) is 1.78. The Hall–Kier alpha value is -1.48. The summed E-state index contributed by atoms with van der Waals surface area (Å²) in [4.78, 5) is 0. The molecule has 4 N–H and O–H groups in total. The van der Waals surface area contributed by atoms with E-state index in [-0.39, 0.29) is 0 Å². The third kappa shape index (κ3) is 4.41. The van der Waals surface area contributed by atoms with Crippen LogP contribution in [0.4, 0.5) is 5.82 Å². The average molecular weight is 291 g/mol. The molecular weight excluding hydrogens is 280 g/mol. The number of nitrogens with zero attached hydrogens (tertiary/aromatic N) is 2. The fraction of sp³-hybridized carbons (Fsp3) is 0.111. The van der Waals surface area contributed by atoms with Gasteiger partial charge in [0.15, 0.2) is 11.0 Å². The number of rotatable bonds is 1. The molecule has 9 heteroatoms. The molecule has 2 rings (SSSR count). The quantitative estimate of drug-likeness (QED) is 0.408. The van der Waals surface area contributed by atoms with Crippen LogP contribution in [0.2, 0.25) is 5.15 Å². The van der Waals surface area contributed by atoms with E-state index in [4.69, 9.17) is 22.0 Å². The Kier molecular flexibility index (Phi) is 4.79. The average Bonchev–Trinajstić information content (AvgIpc) is 2.28. The Morgan fingerprint density at radius 1 is 1.28 bits per heavy atom. The minimum absolute atomic E-state index is 0.384. The first-order valence-corrected chi connectivity index (χ1v) is 6.85. The molecule has 0 saturated heterocycles. The van der Waals surface area contributed by atoms with E-state index in [0.29, 0.717) is 17.2 Å². The van der Waals surface area contributed by atoms with Crippen LogP contribution >= 0.6 is 11.6 Å². The number of nitrogens with two attached hydrogens (primary N) is 1. The molecule has 98 valence electrons. The van der Waals surface area contributed by atoms with E-state index in [0.717, 1.165) is 10.8 Å². The molecule has 1 heterocycles. The van der Waals surface area contributed by atoms with Gasteiger partial charge in [0, 0.05) is 10.8 Å². The van der Waals surface area contributed by atoms with Crippen molar-refractivity contribution < 1.29 is 13.0 Å². The first kappa shape index (κ1) is 14.6. The molecule has 0 aliphatic carbocycles. The first-order valence-electron chi connectivity index (χ1n) is 4.63. The molecule has 0 saturated carbocycles. The van der Waals surface area contributed by atoms with Crippen LogP contribution in [-0.2, 0) is 10.1 Å². The normalized spacial score (nSPS) is 10.7. The number of benzene rings is 1. The maximum absolute atomic E-state index is 9.19. The van der Waals surface area contributed by atoms with Crippen molar-refractivity contribution in [3.05, 3.63) is 29.4 Å². The number of halogens is 1. The molecule has 0 spiro atoms. The molecule has 0 unspecified atom stereocenters. The van der Waals surface area contributed by atoms with Gasteiger partial charge in [0.1, 0.15) is 0 Å². The summed E-state index contributed by atoms with van der Waals surface area (Å²) in [6.07, 6.45) is 0.715. The number of anilines is 1. The van der Waals surface area contributed by atoms with Crippen molar-refractivity contribution in [2.24, 2.45) is 5.84 Å². The van der Waals surface area contributed by atoms with Gasteiger partial charge in [-0.1, -0.05) is 35.9 Å². The highest BCUT2D eigenvalue weighted by atomic mass is 35.5. The summed E-state index contributed by atoms with van der Waals surface area (Å²) in [6, 6.07) is 7.52. The molecule has 0 bridgehead atoms. The van der Waals surface area contributed by atoms with Crippen molar-refractivity contribution in [3.8, 4) is 0 Å². The molecule has 1 aromatic heterocycles. The van der Waals surface area contributed by atoms with Gasteiger partial charge in [-0.3, -0.25) is 4.55 Å². The summed E-state index contributed by atoms with van der Waals surface area (Å²) in [5.41, 5.74) is 2.46. The van der Waals surface area contributed by atoms with Crippen molar-refractivity contribution in [3.63, 3.8) is 0 Å². The van der Waals surface area contributed by atoms with Crippen molar-refractivity contribution in [2.75, 3.05) is 11.7 Å². The Morgan fingerprint density at radius 2 is 1.78 bits per heavy atom. The van der Waals surface area contributed by atoms with Crippen molar-refractivity contribution in [1.82, 2.24) is 10.2 Å². The minimum Gasteiger partial charge on any atom is -0.306 e. The Bertz CT molecular complexity index is 639. The Balaban J connectivity index is 0.000000280. The third-order valence-corrected chi connectivity index (χ3v) is 2.06. The van der Waals surface area contributed by atoms with Gasteiger partial charge in [-0.05, 0) is 0 Å². The summed E-state index contributed by atoms with van der Waals surface area (Å²) in [7, 11) is -3.67. The van der Waals surface area contributed by atoms with Gasteiger partial charge in [-0.25, -0.2) is 5.84 Å². The van der Waals surface area contributed by atoms with Gasteiger partial charge in [-0.2, -0.15) is 8.42 Å². The van der Waals surface area contributed by atoms with Crippen LogP contribution in [0.25, 0.3) is 10.8 Å². The van der Waals surface area contributed by atoms with Crippen LogP contribution in [-0.4, -0.2) is 29.4 Å². The lowest BCUT2D eigenvalue weighted by atomic mass is 10.2. The maximum atomic E-state index is 9.19. The number of nitrogen functional groups attached to an aromatic ring is 1. The van der Waals surface area contributed by atoms with E-state index >= 15 is 0 Å². The molecule has 18 heavy (non-hydrogen) atoms. The molecule has 1 aromatic carbocycles. The molecule has 0 aliphatic rings. The largest absolute Gasteiger partial charge is 0.306 e. The summed E-state index contributed by atoms with van der Waals surface area (Å²) in [5.74, 6) is 5.80. The lowest BCUT2D eigenvalue weighted by Crippen LogP contribution is -2.09. The first-order chi connectivity index (χ1) is 8.33. The molecule has 0 radical (unpaired) electrons. The van der Waals surface area contributed by atoms with Gasteiger partial charge >= 0.3 is 0 Å². The van der Waals surface area contributed by atoms with E-state index < -0.39 is 10.1 Å². The monoisotopic (exact) mass is 290 g/mol. The number of hydrogen-bond donors (Lipinski definition) is 3. The highest BCUT2D eigenvalue weighted by molar-refractivity contribution is 7.85. The topological polar surface area (TPSA) is 118 Å². The summed E-state index contributed by atoms with van der Waals surface area (Å²) >= 11 is 5.84. The number of aromatic nitrogens is 2. The fourth-order valence-corrected chi connectivity index (χ4v) is 1.38. The molecular formula is C9H11ClN4O3S. The SMILES string of the molecule is CS(=O)(=O)O.NNc1nnc(Cl)c2ccccc12. The van der Waals surface area contributed by atoms with Crippen molar-refractivity contribution in [1.29, 1.82) is 0 Å². The van der Waals surface area contributed by atoms with Gasteiger partial charge in [0.05, 0.1) is 6.26 Å². The summed E-state index contributed by atoms with van der Waals surface area (Å²) < 4.78 is 25.9. The number of hydrazine groups is 1. The Labute approximate surface area is 109 Å². The zero-order chi connectivity index (χ0) is 13.8. The van der Waals surface area contributed by atoms with E-state index in [2.05, 4.69) is 15.6 Å². The van der Waals surface area contributed by atoms with Crippen LogP contribution in [0.15, 0.2) is 24.3 Å². The zero-order valence-electron chi connectivity index (χ0n) is 9.33. The standard InChI is InChI=1S/C8H7ClN4.CH4O3S/c9-7-5-3-1-2-4-6(5)8(11-10)13-12-7;1-5(2,3)4/h1-4H,10H2,(H,11,13);1H3,(H,2,3,4). The maximum Gasteiger partial charge on any atom is 0.261 e. The smallest absolute Gasteiger partial charge is 0.261 e. The van der Waals surface area contributed by atoms with E-state index in [1.165, 1.54) is 0 Å². The number of hydrogen-bond acceptors (Lipinski definition) is 6. The van der Waals surface area contributed by atoms with Gasteiger partial charge in [0.25, 0.3) is 10.1 Å². The minimum atomic E-state index is -3.67. The lowest BCUT2D eigenvalue weighted by molar-refractivity contribution is 0.490. The van der Waals surface area contributed by atoms with Crippen LogP contribution < -0.4 is 11.3 Å². The fourth-order valence-electron chi connectivity index (χ4n) is 1.18. The van der Waals surface area contributed by atoms with Gasteiger partial charge in [-0.15, -0.1) is 10.2 Å².